The molecule has 0 bridgehead atoms. The van der Waals surface area contributed by atoms with Crippen molar-refractivity contribution in [3.05, 3.63) is 54.4 Å². The molecule has 144 valence electrons. The van der Waals surface area contributed by atoms with Crippen molar-refractivity contribution in [2.24, 2.45) is 0 Å². The average Bonchev–Trinajstić information content (AvgIpc) is 3.06. The normalized spacial score (nSPS) is 11.6. The first kappa shape index (κ1) is 21.8. The summed E-state index contributed by atoms with van der Waals surface area (Å²) in [5, 5.41) is 7.12. The molecule has 0 aliphatic rings. The second kappa shape index (κ2) is 9.43. The maximum Gasteiger partial charge on any atom is 0.490 e. The van der Waals surface area contributed by atoms with E-state index in [1.165, 1.54) is 11.3 Å². The molecule has 0 radical (unpaired) electrons. The first-order chi connectivity index (χ1) is 12.0. The van der Waals surface area contributed by atoms with E-state index in [1.807, 2.05) is 12.1 Å². The highest BCUT2D eigenvalue weighted by atomic mass is 19.4. The Bertz CT molecular complexity index is 655. The third-order valence-electron chi connectivity index (χ3n) is 3.77. The second-order valence-corrected chi connectivity index (χ2v) is 6.42. The summed E-state index contributed by atoms with van der Waals surface area (Å²) in [7, 11) is 0. The van der Waals surface area contributed by atoms with Crippen molar-refractivity contribution in [2.45, 2.75) is 52.5 Å². The van der Waals surface area contributed by atoms with Crippen LogP contribution in [0.2, 0.25) is 0 Å². The lowest BCUT2D eigenvalue weighted by Crippen LogP contribution is -2.36. The van der Waals surface area contributed by atoms with E-state index in [2.05, 4.69) is 73.8 Å². The van der Waals surface area contributed by atoms with Crippen molar-refractivity contribution in [3.8, 4) is 5.69 Å². The second-order valence-electron chi connectivity index (χ2n) is 6.42. The number of carbonyl (C=O) groups is 1. The maximum absolute atomic E-state index is 10.6. The SMILES string of the molecule is CC(C)N(Cc1ccc(-n2cccc2)cc1)C(C)C.O=C(O)C(F)(F)F. The fraction of sp³-hybridized carbons (Fsp3) is 0.421. The summed E-state index contributed by atoms with van der Waals surface area (Å²) in [6.45, 7) is 10.0. The van der Waals surface area contributed by atoms with Crippen LogP contribution >= 0.6 is 0 Å². The van der Waals surface area contributed by atoms with Gasteiger partial charge in [0.1, 0.15) is 0 Å². The molecule has 1 aromatic heterocycles. The van der Waals surface area contributed by atoms with Gasteiger partial charge in [-0.15, -0.1) is 0 Å². The van der Waals surface area contributed by atoms with Gasteiger partial charge in [-0.3, -0.25) is 4.90 Å². The Labute approximate surface area is 151 Å². The molecule has 0 aliphatic heterocycles. The third-order valence-corrected chi connectivity index (χ3v) is 3.77. The molecule has 0 spiro atoms. The number of hydrogen-bond donors (Lipinski definition) is 1. The van der Waals surface area contributed by atoms with Gasteiger partial charge >= 0.3 is 12.1 Å². The summed E-state index contributed by atoms with van der Waals surface area (Å²) in [6.07, 6.45) is -0.937. The number of benzene rings is 1. The van der Waals surface area contributed by atoms with E-state index in [1.54, 1.807) is 0 Å². The Morgan fingerprint density at radius 3 is 1.81 bits per heavy atom. The number of hydrogen-bond acceptors (Lipinski definition) is 2. The van der Waals surface area contributed by atoms with E-state index in [0.29, 0.717) is 12.1 Å². The molecule has 0 amide bonds. The van der Waals surface area contributed by atoms with Crippen LogP contribution < -0.4 is 0 Å². The van der Waals surface area contributed by atoms with E-state index in [4.69, 9.17) is 9.90 Å². The number of carboxylic acid groups (broad SMARTS) is 1. The smallest absolute Gasteiger partial charge is 0.475 e. The van der Waals surface area contributed by atoms with Gasteiger partial charge in [0.2, 0.25) is 0 Å². The number of alkyl halides is 3. The maximum atomic E-state index is 10.6. The van der Waals surface area contributed by atoms with Gasteiger partial charge in [-0.2, -0.15) is 13.2 Å². The van der Waals surface area contributed by atoms with E-state index in [-0.39, 0.29) is 0 Å². The molecule has 2 rings (SSSR count). The molecule has 0 saturated carbocycles. The monoisotopic (exact) mass is 370 g/mol. The molecule has 0 unspecified atom stereocenters. The van der Waals surface area contributed by atoms with E-state index >= 15 is 0 Å². The van der Waals surface area contributed by atoms with Gasteiger partial charge < -0.3 is 9.67 Å². The van der Waals surface area contributed by atoms with Gasteiger partial charge in [-0.1, -0.05) is 12.1 Å². The zero-order valence-electron chi connectivity index (χ0n) is 15.4. The minimum atomic E-state index is -5.08. The van der Waals surface area contributed by atoms with Crippen LogP contribution in [0.1, 0.15) is 33.3 Å². The van der Waals surface area contributed by atoms with Crippen LogP contribution in [0, 0.1) is 0 Å². The molecule has 2 aromatic rings. The van der Waals surface area contributed by atoms with Crippen LogP contribution in [-0.4, -0.2) is 38.8 Å². The van der Waals surface area contributed by atoms with Gasteiger partial charge in [0.05, 0.1) is 0 Å². The van der Waals surface area contributed by atoms with Crippen LogP contribution in [0.5, 0.6) is 0 Å². The molecular weight excluding hydrogens is 345 g/mol. The number of halogens is 3. The molecule has 1 N–H and O–H groups in total. The third kappa shape index (κ3) is 6.92. The lowest BCUT2D eigenvalue weighted by Gasteiger charge is -2.30. The van der Waals surface area contributed by atoms with E-state index < -0.39 is 12.1 Å². The Kier molecular flexibility index (Phi) is 7.89. The zero-order valence-corrected chi connectivity index (χ0v) is 15.4. The van der Waals surface area contributed by atoms with Crippen LogP contribution in [0.25, 0.3) is 5.69 Å². The topological polar surface area (TPSA) is 45.5 Å². The molecule has 7 heteroatoms. The summed E-state index contributed by atoms with van der Waals surface area (Å²) in [6, 6.07) is 14.1. The molecule has 1 aromatic carbocycles. The molecule has 4 nitrogen and oxygen atoms in total. The Balaban J connectivity index is 0.000000412. The minimum Gasteiger partial charge on any atom is -0.475 e. The van der Waals surface area contributed by atoms with Crippen molar-refractivity contribution < 1.29 is 23.1 Å². The number of aliphatic carboxylic acids is 1. The largest absolute Gasteiger partial charge is 0.490 e. The summed E-state index contributed by atoms with van der Waals surface area (Å²) in [4.78, 5) is 11.4. The zero-order chi connectivity index (χ0) is 19.9. The van der Waals surface area contributed by atoms with Gasteiger partial charge in [0.15, 0.2) is 0 Å². The van der Waals surface area contributed by atoms with Gasteiger partial charge in [-0.25, -0.2) is 4.79 Å². The highest BCUT2D eigenvalue weighted by molar-refractivity contribution is 5.73. The number of aromatic nitrogens is 1. The van der Waals surface area contributed by atoms with Crippen LogP contribution in [0.15, 0.2) is 48.8 Å². The molecule has 26 heavy (non-hydrogen) atoms. The Hall–Kier alpha value is -2.28. The van der Waals surface area contributed by atoms with Gasteiger partial charge in [-0.05, 0) is 57.5 Å². The van der Waals surface area contributed by atoms with E-state index in [9.17, 15) is 13.2 Å². The van der Waals surface area contributed by atoms with Crippen LogP contribution in [0.3, 0.4) is 0 Å². The summed E-state index contributed by atoms with van der Waals surface area (Å²) < 4.78 is 33.9. The standard InChI is InChI=1S/C17H24N2.C2HF3O2/c1-14(2)19(15(3)4)13-16-7-9-17(10-8-16)18-11-5-6-12-18;3-2(4,5)1(6)7/h5-12,14-15H,13H2,1-4H3;(H,6,7). The van der Waals surface area contributed by atoms with Crippen LogP contribution in [-0.2, 0) is 11.3 Å². The minimum absolute atomic E-state index is 0.573. The predicted molar refractivity (Wildman–Crippen MR) is 95.3 cm³/mol. The molecule has 0 fully saturated rings. The number of carboxylic acids is 1. The van der Waals surface area contributed by atoms with Crippen molar-refractivity contribution in [3.63, 3.8) is 0 Å². The summed E-state index contributed by atoms with van der Waals surface area (Å²) in [5.74, 6) is -2.76. The van der Waals surface area contributed by atoms with Crippen molar-refractivity contribution in [1.29, 1.82) is 0 Å². The van der Waals surface area contributed by atoms with Crippen LogP contribution in [0.4, 0.5) is 13.2 Å². The molecule has 1 heterocycles. The Morgan fingerprint density at radius 1 is 1.04 bits per heavy atom. The quantitative estimate of drug-likeness (QED) is 0.828. The van der Waals surface area contributed by atoms with Gasteiger partial charge in [0, 0.05) is 36.7 Å². The van der Waals surface area contributed by atoms with Crippen molar-refractivity contribution in [1.82, 2.24) is 9.47 Å². The summed E-state index contributed by atoms with van der Waals surface area (Å²) >= 11 is 0. The number of nitrogens with zero attached hydrogens (tertiary/aromatic N) is 2. The average molecular weight is 370 g/mol. The predicted octanol–water partition coefficient (Wildman–Crippen LogP) is 4.73. The van der Waals surface area contributed by atoms with Gasteiger partial charge in [0.25, 0.3) is 0 Å². The Morgan fingerprint density at radius 2 is 1.46 bits per heavy atom. The summed E-state index contributed by atoms with van der Waals surface area (Å²) in [5.41, 5.74) is 2.59. The van der Waals surface area contributed by atoms with Crippen molar-refractivity contribution in [2.75, 3.05) is 0 Å². The fourth-order valence-corrected chi connectivity index (χ4v) is 2.45. The lowest BCUT2D eigenvalue weighted by atomic mass is 10.1. The highest BCUT2D eigenvalue weighted by Crippen LogP contribution is 2.15. The lowest BCUT2D eigenvalue weighted by molar-refractivity contribution is -0.192. The highest BCUT2D eigenvalue weighted by Gasteiger charge is 2.38. The first-order valence-corrected chi connectivity index (χ1v) is 8.30. The molecule has 0 aliphatic carbocycles. The van der Waals surface area contributed by atoms with E-state index in [0.717, 1.165) is 6.54 Å². The molecular formula is C19H25F3N2O2. The first-order valence-electron chi connectivity index (χ1n) is 8.30. The van der Waals surface area contributed by atoms with Crippen molar-refractivity contribution >= 4 is 5.97 Å². The number of rotatable bonds is 5. The molecule has 0 saturated heterocycles. The molecule has 0 atom stereocenters. The fourth-order valence-electron chi connectivity index (χ4n) is 2.45.